The molecule has 0 radical (unpaired) electrons. The molecule has 0 saturated carbocycles. The molecular weight excluding hydrogens is 432 g/mol. The van der Waals surface area contributed by atoms with Crippen LogP contribution >= 0.6 is 0 Å². The van der Waals surface area contributed by atoms with Crippen LogP contribution in [-0.2, 0) is 9.59 Å². The lowest BCUT2D eigenvalue weighted by atomic mass is 9.95. The number of likely N-dealkylation sites (N-methyl/N-ethyl adjacent to an activating group) is 1. The number of hydrogen-bond donors (Lipinski definition) is 2. The number of likely N-dealkylation sites (tertiary alicyclic amines) is 1. The number of amides is 1. The number of ketones is 1. The van der Waals surface area contributed by atoms with Gasteiger partial charge in [-0.1, -0.05) is 39.3 Å². The smallest absolute Gasteiger partial charge is 0.295 e. The molecule has 182 valence electrons. The fourth-order valence-electron chi connectivity index (χ4n) is 4.10. The summed E-state index contributed by atoms with van der Waals surface area (Å²) >= 11 is 0. The zero-order valence-corrected chi connectivity index (χ0v) is 20.2. The summed E-state index contributed by atoms with van der Waals surface area (Å²) in [5.41, 5.74) is 1.14. The number of carbonyl (C=O) groups is 2. The van der Waals surface area contributed by atoms with E-state index in [4.69, 9.17) is 4.74 Å². The van der Waals surface area contributed by atoms with Crippen molar-refractivity contribution < 1.29 is 24.5 Å². The van der Waals surface area contributed by atoms with Crippen LogP contribution in [0.25, 0.3) is 5.76 Å². The normalized spacial score (nSPS) is 17.5. The quantitative estimate of drug-likeness (QED) is 0.222. The van der Waals surface area contributed by atoms with E-state index in [0.717, 1.165) is 25.9 Å². The number of aliphatic hydroxyl groups is 1. The number of Topliss-reactive ketones (excluding diaryl/α,β-unsaturated/α-hetero) is 1. The van der Waals surface area contributed by atoms with E-state index in [2.05, 4.69) is 11.8 Å². The van der Waals surface area contributed by atoms with E-state index in [1.807, 2.05) is 13.8 Å². The van der Waals surface area contributed by atoms with E-state index in [9.17, 15) is 19.8 Å². The average Bonchev–Trinajstić information content (AvgIpc) is 3.10. The number of unbranched alkanes of at least 4 members (excludes halogenated alkanes) is 1. The summed E-state index contributed by atoms with van der Waals surface area (Å²) in [7, 11) is 0. The number of rotatable bonds is 11. The second-order valence-electron chi connectivity index (χ2n) is 8.34. The van der Waals surface area contributed by atoms with E-state index in [1.165, 1.54) is 17.0 Å². The number of nitrogens with zero attached hydrogens (tertiary/aromatic N) is 2. The van der Waals surface area contributed by atoms with E-state index < -0.39 is 17.7 Å². The molecule has 1 aliphatic rings. The average molecular weight is 467 g/mol. The number of aromatic hydroxyl groups is 1. The minimum atomic E-state index is -0.739. The van der Waals surface area contributed by atoms with E-state index in [0.29, 0.717) is 36.6 Å². The molecule has 0 aliphatic carbocycles. The maximum absolute atomic E-state index is 13.1. The van der Waals surface area contributed by atoms with Crippen molar-refractivity contribution in [1.82, 2.24) is 9.80 Å². The molecule has 2 aromatic carbocycles. The first-order chi connectivity index (χ1) is 16.4. The lowest BCUT2D eigenvalue weighted by molar-refractivity contribution is -0.140. The molecule has 1 aliphatic heterocycles. The van der Waals surface area contributed by atoms with Crippen LogP contribution in [0.1, 0.15) is 50.8 Å². The van der Waals surface area contributed by atoms with E-state index >= 15 is 0 Å². The Morgan fingerprint density at radius 2 is 1.65 bits per heavy atom. The second-order valence-corrected chi connectivity index (χ2v) is 8.34. The predicted molar refractivity (Wildman–Crippen MR) is 132 cm³/mol. The molecule has 1 heterocycles. The van der Waals surface area contributed by atoms with Gasteiger partial charge in [-0.3, -0.25) is 9.59 Å². The van der Waals surface area contributed by atoms with Crippen LogP contribution in [-0.4, -0.2) is 64.5 Å². The van der Waals surface area contributed by atoms with Crippen molar-refractivity contribution in [3.05, 3.63) is 65.2 Å². The summed E-state index contributed by atoms with van der Waals surface area (Å²) in [6.07, 6.45) is 1.98. The fourth-order valence-corrected chi connectivity index (χ4v) is 4.10. The van der Waals surface area contributed by atoms with E-state index in [1.54, 1.807) is 36.4 Å². The highest BCUT2D eigenvalue weighted by molar-refractivity contribution is 6.46. The molecule has 0 bridgehead atoms. The van der Waals surface area contributed by atoms with Gasteiger partial charge < -0.3 is 24.7 Å². The van der Waals surface area contributed by atoms with Crippen molar-refractivity contribution in [1.29, 1.82) is 0 Å². The van der Waals surface area contributed by atoms with Gasteiger partial charge in [-0.2, -0.15) is 0 Å². The summed E-state index contributed by atoms with van der Waals surface area (Å²) in [5, 5.41) is 20.9. The highest BCUT2D eigenvalue weighted by Gasteiger charge is 2.45. The molecule has 7 heteroatoms. The van der Waals surface area contributed by atoms with Crippen LogP contribution in [0.4, 0.5) is 0 Å². The van der Waals surface area contributed by atoms with Crippen LogP contribution in [0.3, 0.4) is 0 Å². The molecule has 0 spiro atoms. The van der Waals surface area contributed by atoms with Gasteiger partial charge in [0, 0.05) is 18.7 Å². The summed E-state index contributed by atoms with van der Waals surface area (Å²) in [6.45, 7) is 9.41. The highest BCUT2D eigenvalue weighted by Crippen LogP contribution is 2.39. The van der Waals surface area contributed by atoms with Crippen molar-refractivity contribution in [2.24, 2.45) is 0 Å². The standard InChI is InChI=1S/C27H34N2O5/c1-4-7-18-34-22-14-10-20(11-15-22)25(31)23-24(19-8-12-21(30)13-9-19)29(27(33)26(23)32)17-16-28(5-2)6-3/h8-15,24,30-31H,4-7,16-18H2,1-3H3/b25-23+/t24-/m0/s1. The molecule has 7 nitrogen and oxygen atoms in total. The first kappa shape index (κ1) is 25.3. The number of benzene rings is 2. The zero-order chi connectivity index (χ0) is 24.7. The maximum Gasteiger partial charge on any atom is 0.295 e. The summed E-state index contributed by atoms with van der Waals surface area (Å²) in [5.74, 6) is -0.797. The number of phenolic OH excluding ortho intramolecular Hbond substituents is 1. The third-order valence-electron chi connectivity index (χ3n) is 6.19. The number of ether oxygens (including phenoxy) is 1. The summed E-state index contributed by atoms with van der Waals surface area (Å²) < 4.78 is 5.68. The molecule has 1 saturated heterocycles. The van der Waals surface area contributed by atoms with Crippen LogP contribution in [0.5, 0.6) is 11.5 Å². The molecule has 0 unspecified atom stereocenters. The lowest BCUT2D eigenvalue weighted by Gasteiger charge is -2.28. The number of hydrogen-bond acceptors (Lipinski definition) is 6. The first-order valence-electron chi connectivity index (χ1n) is 11.9. The molecule has 1 atom stereocenters. The Kier molecular flexibility index (Phi) is 8.71. The summed E-state index contributed by atoms with van der Waals surface area (Å²) in [4.78, 5) is 29.8. The van der Waals surface area contributed by atoms with Crippen molar-refractivity contribution in [3.8, 4) is 11.5 Å². The van der Waals surface area contributed by atoms with Gasteiger partial charge in [0.05, 0.1) is 18.2 Å². The molecule has 2 aromatic rings. The lowest BCUT2D eigenvalue weighted by Crippen LogP contribution is -2.38. The van der Waals surface area contributed by atoms with Gasteiger partial charge in [-0.05, 0) is 61.5 Å². The van der Waals surface area contributed by atoms with Gasteiger partial charge in [0.25, 0.3) is 11.7 Å². The predicted octanol–water partition coefficient (Wildman–Crippen LogP) is 4.33. The van der Waals surface area contributed by atoms with Crippen molar-refractivity contribution in [2.45, 2.75) is 39.7 Å². The van der Waals surface area contributed by atoms with Crippen LogP contribution in [0.15, 0.2) is 54.1 Å². The Bertz CT molecular complexity index is 1010. The Labute approximate surface area is 201 Å². The fraction of sp³-hybridized carbons (Fsp3) is 0.407. The molecule has 0 aromatic heterocycles. The highest BCUT2D eigenvalue weighted by atomic mass is 16.5. The number of phenols is 1. The largest absolute Gasteiger partial charge is 0.508 e. The Morgan fingerprint density at radius 3 is 2.24 bits per heavy atom. The van der Waals surface area contributed by atoms with Crippen LogP contribution in [0, 0.1) is 0 Å². The summed E-state index contributed by atoms with van der Waals surface area (Å²) in [6, 6.07) is 12.5. The van der Waals surface area contributed by atoms with Gasteiger partial charge in [0.2, 0.25) is 0 Å². The topological polar surface area (TPSA) is 90.3 Å². The van der Waals surface area contributed by atoms with Gasteiger partial charge in [0.1, 0.15) is 17.3 Å². The Balaban J connectivity index is 1.98. The molecule has 34 heavy (non-hydrogen) atoms. The van der Waals surface area contributed by atoms with Crippen LogP contribution < -0.4 is 4.74 Å². The second kappa shape index (κ2) is 11.7. The zero-order valence-electron chi connectivity index (χ0n) is 20.2. The molecule has 2 N–H and O–H groups in total. The SMILES string of the molecule is CCCCOc1ccc(/C(O)=C2\C(=O)C(=O)N(CCN(CC)CC)[C@H]2c2ccc(O)cc2)cc1. The van der Waals surface area contributed by atoms with Crippen molar-refractivity contribution >= 4 is 17.4 Å². The van der Waals surface area contributed by atoms with Gasteiger partial charge in [-0.15, -0.1) is 0 Å². The first-order valence-corrected chi connectivity index (χ1v) is 11.9. The van der Waals surface area contributed by atoms with Gasteiger partial charge in [0.15, 0.2) is 0 Å². The van der Waals surface area contributed by atoms with Crippen molar-refractivity contribution in [2.75, 3.05) is 32.8 Å². The number of carbonyl (C=O) groups excluding carboxylic acids is 2. The van der Waals surface area contributed by atoms with Gasteiger partial charge in [-0.25, -0.2) is 0 Å². The monoisotopic (exact) mass is 466 g/mol. The van der Waals surface area contributed by atoms with E-state index in [-0.39, 0.29) is 17.1 Å². The third-order valence-corrected chi connectivity index (χ3v) is 6.19. The van der Waals surface area contributed by atoms with Crippen molar-refractivity contribution in [3.63, 3.8) is 0 Å². The molecular formula is C27H34N2O5. The minimum absolute atomic E-state index is 0.0508. The molecule has 1 amide bonds. The Hall–Kier alpha value is -3.32. The molecule has 1 fully saturated rings. The van der Waals surface area contributed by atoms with Crippen LogP contribution in [0.2, 0.25) is 0 Å². The Morgan fingerprint density at radius 1 is 1.00 bits per heavy atom. The number of aliphatic hydroxyl groups excluding tert-OH is 1. The maximum atomic E-state index is 13.1. The van der Waals surface area contributed by atoms with Gasteiger partial charge >= 0.3 is 0 Å². The third kappa shape index (κ3) is 5.59. The minimum Gasteiger partial charge on any atom is -0.508 e. The molecule has 3 rings (SSSR count).